The van der Waals surface area contributed by atoms with E-state index in [4.69, 9.17) is 17.3 Å². The predicted octanol–water partition coefficient (Wildman–Crippen LogP) is 4.08. The molecule has 0 saturated carbocycles. The monoisotopic (exact) mass is 419 g/mol. The normalized spacial score (nSPS) is 13.1. The third-order valence-electron chi connectivity index (χ3n) is 4.59. The van der Waals surface area contributed by atoms with E-state index in [1.807, 2.05) is 0 Å². The van der Waals surface area contributed by atoms with Gasteiger partial charge in [0.2, 0.25) is 11.8 Å². The molecule has 4 N–H and O–H groups in total. The van der Waals surface area contributed by atoms with Crippen LogP contribution in [0, 0.1) is 11.6 Å². The van der Waals surface area contributed by atoms with E-state index in [-0.39, 0.29) is 23.2 Å². The minimum absolute atomic E-state index is 0.120. The van der Waals surface area contributed by atoms with E-state index < -0.39 is 11.7 Å². The predicted molar refractivity (Wildman–Crippen MR) is 108 cm³/mol. The second kappa shape index (κ2) is 9.05. The number of fused-ring (bicyclic) bond motifs is 1. The Hall–Kier alpha value is -2.93. The van der Waals surface area contributed by atoms with Gasteiger partial charge in [-0.25, -0.2) is 8.78 Å². The van der Waals surface area contributed by atoms with Gasteiger partial charge in [0.15, 0.2) is 0 Å². The Kier molecular flexibility index (Phi) is 6.49. The van der Waals surface area contributed by atoms with Gasteiger partial charge in [0.05, 0.1) is 5.52 Å². The zero-order chi connectivity index (χ0) is 21.0. The molecule has 0 bridgehead atoms. The summed E-state index contributed by atoms with van der Waals surface area (Å²) < 4.78 is 27.3. The molecule has 5 nitrogen and oxygen atoms in total. The molecule has 0 spiro atoms. The molecule has 0 unspecified atom stereocenters. The summed E-state index contributed by atoms with van der Waals surface area (Å²) in [5.41, 5.74) is 7.57. The molecule has 1 aromatic heterocycles. The van der Waals surface area contributed by atoms with Crippen LogP contribution in [0.15, 0.2) is 36.4 Å². The number of carbonyl (C=O) groups is 2. The van der Waals surface area contributed by atoms with E-state index in [1.54, 1.807) is 18.2 Å². The molecule has 8 heteroatoms. The van der Waals surface area contributed by atoms with Crippen LogP contribution in [0.25, 0.3) is 22.2 Å². The van der Waals surface area contributed by atoms with E-state index in [9.17, 15) is 18.4 Å². The molecule has 1 aliphatic rings. The Bertz CT molecular complexity index is 1040. The maximum Gasteiger partial charge on any atom is 0.220 e. The SMILES string of the molecule is NC(=O)CCc1c(-c2ccc(F)cc2)[nH]c2c(F)cc(Cl)cc12.O=C1CCCN1. The van der Waals surface area contributed by atoms with Crippen molar-refractivity contribution in [3.8, 4) is 11.3 Å². The quantitative estimate of drug-likeness (QED) is 0.595. The molecule has 2 heterocycles. The highest BCUT2D eigenvalue weighted by Crippen LogP contribution is 2.34. The molecule has 0 atom stereocenters. The van der Waals surface area contributed by atoms with Gasteiger partial charge < -0.3 is 16.0 Å². The van der Waals surface area contributed by atoms with Gasteiger partial charge >= 0.3 is 0 Å². The van der Waals surface area contributed by atoms with Crippen molar-refractivity contribution in [3.63, 3.8) is 0 Å². The number of rotatable bonds is 4. The van der Waals surface area contributed by atoms with Gasteiger partial charge in [-0.15, -0.1) is 0 Å². The molecule has 152 valence electrons. The van der Waals surface area contributed by atoms with Crippen molar-refractivity contribution in [2.45, 2.75) is 25.7 Å². The lowest BCUT2D eigenvalue weighted by Gasteiger charge is -2.04. The second-order valence-corrected chi connectivity index (χ2v) is 7.15. The van der Waals surface area contributed by atoms with Crippen molar-refractivity contribution in [1.29, 1.82) is 0 Å². The molecule has 2 aromatic carbocycles. The number of aryl methyl sites for hydroxylation is 1. The fourth-order valence-electron chi connectivity index (χ4n) is 3.21. The fraction of sp³-hybridized carbons (Fsp3) is 0.238. The summed E-state index contributed by atoms with van der Waals surface area (Å²) in [5.74, 6) is -1.10. The zero-order valence-corrected chi connectivity index (χ0v) is 16.3. The molecule has 2 amide bonds. The molecule has 1 aliphatic heterocycles. The van der Waals surface area contributed by atoms with E-state index in [2.05, 4.69) is 10.3 Å². The van der Waals surface area contributed by atoms with Crippen LogP contribution in [0.5, 0.6) is 0 Å². The summed E-state index contributed by atoms with van der Waals surface area (Å²) >= 11 is 5.94. The van der Waals surface area contributed by atoms with Crippen molar-refractivity contribution in [2.75, 3.05) is 6.54 Å². The lowest BCUT2D eigenvalue weighted by atomic mass is 10.0. The smallest absolute Gasteiger partial charge is 0.220 e. The van der Waals surface area contributed by atoms with Gasteiger partial charge in [0.1, 0.15) is 11.6 Å². The van der Waals surface area contributed by atoms with Gasteiger partial charge in [-0.1, -0.05) is 11.6 Å². The van der Waals surface area contributed by atoms with Crippen molar-refractivity contribution in [3.05, 3.63) is 58.6 Å². The van der Waals surface area contributed by atoms with Crippen LogP contribution in [0.1, 0.15) is 24.8 Å². The lowest BCUT2D eigenvalue weighted by molar-refractivity contribution is -0.119. The molecule has 4 rings (SSSR count). The second-order valence-electron chi connectivity index (χ2n) is 6.72. The van der Waals surface area contributed by atoms with Crippen LogP contribution in [-0.2, 0) is 16.0 Å². The molecule has 0 radical (unpaired) electrons. The number of primary amides is 1. The van der Waals surface area contributed by atoms with Gasteiger partial charge in [0, 0.05) is 35.5 Å². The first-order valence-corrected chi connectivity index (χ1v) is 9.53. The van der Waals surface area contributed by atoms with Crippen LogP contribution < -0.4 is 11.1 Å². The van der Waals surface area contributed by atoms with Crippen LogP contribution in [0.3, 0.4) is 0 Å². The van der Waals surface area contributed by atoms with Gasteiger partial charge in [-0.3, -0.25) is 9.59 Å². The van der Waals surface area contributed by atoms with Crippen LogP contribution in [0.2, 0.25) is 5.02 Å². The molecule has 1 fully saturated rings. The van der Waals surface area contributed by atoms with E-state index in [1.165, 1.54) is 18.2 Å². The average molecular weight is 420 g/mol. The number of hydrogen-bond donors (Lipinski definition) is 3. The highest BCUT2D eigenvalue weighted by Gasteiger charge is 2.17. The number of H-pyrrole nitrogens is 1. The van der Waals surface area contributed by atoms with Gasteiger partial charge in [-0.2, -0.15) is 0 Å². The van der Waals surface area contributed by atoms with E-state index >= 15 is 0 Å². The van der Waals surface area contributed by atoms with Crippen LogP contribution in [-0.4, -0.2) is 23.3 Å². The summed E-state index contributed by atoms with van der Waals surface area (Å²) in [6.07, 6.45) is 2.22. The van der Waals surface area contributed by atoms with E-state index in [0.29, 0.717) is 28.6 Å². The summed E-state index contributed by atoms with van der Waals surface area (Å²) in [5, 5.41) is 3.54. The molecule has 1 saturated heterocycles. The number of benzene rings is 2. The van der Waals surface area contributed by atoms with Crippen LogP contribution in [0.4, 0.5) is 8.78 Å². The number of aromatic amines is 1. The molecular formula is C21H20ClF2N3O2. The van der Waals surface area contributed by atoms with Crippen molar-refractivity contribution < 1.29 is 18.4 Å². The highest BCUT2D eigenvalue weighted by atomic mass is 35.5. The first kappa shape index (κ1) is 20.8. The minimum Gasteiger partial charge on any atom is -0.370 e. The van der Waals surface area contributed by atoms with Crippen molar-refractivity contribution in [2.24, 2.45) is 5.73 Å². The number of hydrogen-bond acceptors (Lipinski definition) is 2. The average Bonchev–Trinajstić information content (AvgIpc) is 3.28. The zero-order valence-electron chi connectivity index (χ0n) is 15.5. The van der Waals surface area contributed by atoms with Crippen molar-refractivity contribution >= 4 is 34.3 Å². The number of carbonyl (C=O) groups excluding carboxylic acids is 2. The Morgan fingerprint density at radius 1 is 1.17 bits per heavy atom. The summed E-state index contributed by atoms with van der Waals surface area (Å²) in [6, 6.07) is 8.68. The van der Waals surface area contributed by atoms with Gasteiger partial charge in [-0.05, 0) is 60.4 Å². The third kappa shape index (κ3) is 5.12. The maximum absolute atomic E-state index is 14.2. The number of aromatic nitrogens is 1. The first-order valence-electron chi connectivity index (χ1n) is 9.15. The first-order chi connectivity index (χ1) is 13.8. The molecule has 0 aliphatic carbocycles. The Morgan fingerprint density at radius 2 is 1.90 bits per heavy atom. The topological polar surface area (TPSA) is 88.0 Å². The summed E-state index contributed by atoms with van der Waals surface area (Å²) in [7, 11) is 0. The Balaban J connectivity index is 0.000000343. The standard InChI is InChI=1S/C17H13ClF2N2O.C4H7NO/c18-10-7-13-12(5-6-15(21)23)16(22-17(13)14(20)8-10)9-1-3-11(19)4-2-9;6-4-2-1-3-5-4/h1-4,7-8,22H,5-6H2,(H2,21,23);1-3H2,(H,5,6). The van der Waals surface area contributed by atoms with E-state index in [0.717, 1.165) is 24.9 Å². The molecular weight excluding hydrogens is 400 g/mol. The molecule has 29 heavy (non-hydrogen) atoms. The number of halogens is 3. The fourth-order valence-corrected chi connectivity index (χ4v) is 3.41. The Morgan fingerprint density at radius 3 is 2.45 bits per heavy atom. The maximum atomic E-state index is 14.2. The highest BCUT2D eigenvalue weighted by molar-refractivity contribution is 6.31. The number of nitrogens with one attached hydrogen (secondary N) is 2. The summed E-state index contributed by atoms with van der Waals surface area (Å²) in [4.78, 5) is 24.3. The van der Waals surface area contributed by atoms with Crippen molar-refractivity contribution in [1.82, 2.24) is 10.3 Å². The Labute approximate surface area is 171 Å². The number of nitrogens with two attached hydrogens (primary N) is 1. The summed E-state index contributed by atoms with van der Waals surface area (Å²) in [6.45, 7) is 0.888. The minimum atomic E-state index is -0.485. The van der Waals surface area contributed by atoms with Gasteiger partial charge in [0.25, 0.3) is 0 Å². The van der Waals surface area contributed by atoms with Crippen LogP contribution >= 0.6 is 11.6 Å². The third-order valence-corrected chi connectivity index (χ3v) is 4.81. The lowest BCUT2D eigenvalue weighted by Crippen LogP contribution is -2.12. The largest absolute Gasteiger partial charge is 0.370 e. The number of amides is 2. The molecule has 3 aromatic rings.